The third-order valence-electron chi connectivity index (χ3n) is 5.57. The van der Waals surface area contributed by atoms with Gasteiger partial charge in [-0.15, -0.1) is 13.2 Å². The summed E-state index contributed by atoms with van der Waals surface area (Å²) in [6.07, 6.45) is 2.03. The van der Waals surface area contributed by atoms with E-state index in [0.29, 0.717) is 36.1 Å². The molecule has 36 heavy (non-hydrogen) atoms. The zero-order chi connectivity index (χ0) is 25.3. The summed E-state index contributed by atoms with van der Waals surface area (Å²) in [5.74, 6) is 1.47. The number of alkyl halides is 3. The van der Waals surface area contributed by atoms with Gasteiger partial charge >= 0.3 is 6.36 Å². The van der Waals surface area contributed by atoms with Crippen molar-refractivity contribution in [3.05, 3.63) is 83.5 Å². The van der Waals surface area contributed by atoms with Gasteiger partial charge in [0.2, 0.25) is 0 Å². The van der Waals surface area contributed by atoms with Crippen LogP contribution >= 0.6 is 0 Å². The van der Waals surface area contributed by atoms with Crippen LogP contribution in [-0.2, 0) is 11.3 Å². The Bertz CT molecular complexity index is 1390. The highest BCUT2D eigenvalue weighted by Gasteiger charge is 2.31. The number of halogens is 3. The Balaban J connectivity index is 1.35. The predicted octanol–water partition coefficient (Wildman–Crippen LogP) is 4.97. The van der Waals surface area contributed by atoms with Crippen LogP contribution < -0.4 is 9.47 Å². The number of aromatic nitrogens is 5. The Kier molecular flexibility index (Phi) is 6.23. The quantitative estimate of drug-likeness (QED) is 0.375. The molecule has 1 atom stereocenters. The fourth-order valence-corrected chi connectivity index (χ4v) is 3.96. The summed E-state index contributed by atoms with van der Waals surface area (Å²) >= 11 is 0. The molecule has 0 bridgehead atoms. The molecule has 0 amide bonds. The van der Waals surface area contributed by atoms with Crippen LogP contribution in [0.1, 0.15) is 34.6 Å². The van der Waals surface area contributed by atoms with Gasteiger partial charge in [0.15, 0.2) is 11.6 Å². The summed E-state index contributed by atoms with van der Waals surface area (Å²) in [6.45, 7) is 2.84. The minimum absolute atomic E-state index is 0.295. The molecule has 0 fully saturated rings. The molecule has 0 radical (unpaired) electrons. The normalized spacial score (nSPS) is 15.8. The van der Waals surface area contributed by atoms with E-state index < -0.39 is 12.5 Å². The molecular formula is C25H22F3N5O3. The van der Waals surface area contributed by atoms with Gasteiger partial charge in [-0.05, 0) is 48.4 Å². The van der Waals surface area contributed by atoms with Gasteiger partial charge in [0.25, 0.3) is 0 Å². The minimum Gasteiger partial charge on any atom is -0.495 e. The molecule has 0 saturated heterocycles. The number of ether oxygens (including phenoxy) is 3. The van der Waals surface area contributed by atoms with Crippen molar-refractivity contribution in [2.75, 3.05) is 13.7 Å². The van der Waals surface area contributed by atoms with Gasteiger partial charge in [0, 0.05) is 6.20 Å². The fraction of sp³-hybridized carbons (Fsp3) is 0.240. The lowest BCUT2D eigenvalue weighted by Crippen LogP contribution is -2.23. The van der Waals surface area contributed by atoms with Crippen molar-refractivity contribution in [3.8, 4) is 17.2 Å². The SMILES string of the molecule is COc1cc(/C=C/c2nc3n(n2)CCO[C@H]3c2ccc(OC(F)(F)F)cc2)ccc1-n1cnc(C)c1. The number of hydrogen-bond donors (Lipinski definition) is 0. The summed E-state index contributed by atoms with van der Waals surface area (Å²) in [5.41, 5.74) is 3.33. The zero-order valence-corrected chi connectivity index (χ0v) is 19.4. The molecule has 0 saturated carbocycles. The number of rotatable bonds is 6. The van der Waals surface area contributed by atoms with E-state index >= 15 is 0 Å². The van der Waals surface area contributed by atoms with Gasteiger partial charge in [-0.3, -0.25) is 0 Å². The molecular weight excluding hydrogens is 475 g/mol. The summed E-state index contributed by atoms with van der Waals surface area (Å²) in [6, 6.07) is 11.4. The first kappa shape index (κ1) is 23.6. The molecule has 1 aliphatic heterocycles. The van der Waals surface area contributed by atoms with Gasteiger partial charge in [-0.2, -0.15) is 5.10 Å². The molecule has 0 spiro atoms. The zero-order valence-electron chi connectivity index (χ0n) is 19.4. The summed E-state index contributed by atoms with van der Waals surface area (Å²) in [4.78, 5) is 8.86. The second-order valence-electron chi connectivity index (χ2n) is 8.11. The maximum atomic E-state index is 12.4. The number of imidazole rings is 1. The third-order valence-corrected chi connectivity index (χ3v) is 5.57. The van der Waals surface area contributed by atoms with E-state index in [1.807, 2.05) is 42.0 Å². The smallest absolute Gasteiger partial charge is 0.495 e. The molecule has 186 valence electrons. The van der Waals surface area contributed by atoms with Crippen molar-refractivity contribution in [2.45, 2.75) is 25.9 Å². The Labute approximate surface area is 204 Å². The average molecular weight is 497 g/mol. The Morgan fingerprint density at radius 2 is 1.92 bits per heavy atom. The van der Waals surface area contributed by atoms with Crippen LogP contribution in [0.15, 0.2) is 55.0 Å². The summed E-state index contributed by atoms with van der Waals surface area (Å²) in [7, 11) is 1.61. The summed E-state index contributed by atoms with van der Waals surface area (Å²) < 4.78 is 56.4. The highest BCUT2D eigenvalue weighted by Crippen LogP contribution is 2.31. The summed E-state index contributed by atoms with van der Waals surface area (Å²) in [5, 5.41) is 4.54. The second-order valence-corrected chi connectivity index (χ2v) is 8.11. The predicted molar refractivity (Wildman–Crippen MR) is 125 cm³/mol. The van der Waals surface area contributed by atoms with Crippen molar-refractivity contribution >= 4 is 12.2 Å². The number of benzene rings is 2. The van der Waals surface area contributed by atoms with Crippen LogP contribution in [0.3, 0.4) is 0 Å². The van der Waals surface area contributed by atoms with Crippen LogP contribution in [0.4, 0.5) is 13.2 Å². The van der Waals surface area contributed by atoms with E-state index in [1.54, 1.807) is 24.2 Å². The van der Waals surface area contributed by atoms with Crippen LogP contribution in [0, 0.1) is 6.92 Å². The van der Waals surface area contributed by atoms with E-state index in [1.165, 1.54) is 24.3 Å². The van der Waals surface area contributed by atoms with Crippen molar-refractivity contribution in [3.63, 3.8) is 0 Å². The molecule has 0 N–H and O–H groups in total. The number of nitrogens with zero attached hydrogens (tertiary/aromatic N) is 5. The first-order valence-electron chi connectivity index (χ1n) is 11.1. The molecule has 0 aliphatic carbocycles. The topological polar surface area (TPSA) is 76.2 Å². The molecule has 3 heterocycles. The molecule has 11 heteroatoms. The largest absolute Gasteiger partial charge is 0.573 e. The van der Waals surface area contributed by atoms with Crippen LogP contribution in [0.25, 0.3) is 17.8 Å². The van der Waals surface area contributed by atoms with Crippen LogP contribution in [0.5, 0.6) is 11.5 Å². The van der Waals surface area contributed by atoms with E-state index in [4.69, 9.17) is 9.47 Å². The Morgan fingerprint density at radius 3 is 2.61 bits per heavy atom. The molecule has 4 aromatic rings. The van der Waals surface area contributed by atoms with Crippen molar-refractivity contribution in [1.29, 1.82) is 0 Å². The minimum atomic E-state index is -4.74. The lowest BCUT2D eigenvalue weighted by molar-refractivity contribution is -0.274. The third kappa shape index (κ3) is 5.10. The van der Waals surface area contributed by atoms with Crippen LogP contribution in [-0.4, -0.2) is 44.4 Å². The van der Waals surface area contributed by atoms with E-state index in [9.17, 15) is 13.2 Å². The van der Waals surface area contributed by atoms with Gasteiger partial charge in [-0.25, -0.2) is 14.6 Å². The van der Waals surface area contributed by atoms with E-state index in [-0.39, 0.29) is 5.75 Å². The Morgan fingerprint density at radius 1 is 1.11 bits per heavy atom. The molecule has 5 rings (SSSR count). The van der Waals surface area contributed by atoms with Gasteiger partial charge in [0.1, 0.15) is 17.6 Å². The number of methoxy groups -OCH3 is 1. The monoisotopic (exact) mass is 497 g/mol. The lowest BCUT2D eigenvalue weighted by Gasteiger charge is -2.23. The highest BCUT2D eigenvalue weighted by molar-refractivity contribution is 5.69. The maximum absolute atomic E-state index is 12.4. The first-order chi connectivity index (χ1) is 17.3. The molecule has 8 nitrogen and oxygen atoms in total. The van der Waals surface area contributed by atoms with E-state index in [0.717, 1.165) is 16.9 Å². The molecule has 2 aromatic carbocycles. The maximum Gasteiger partial charge on any atom is 0.573 e. The van der Waals surface area contributed by atoms with Crippen molar-refractivity contribution in [1.82, 2.24) is 24.3 Å². The highest BCUT2D eigenvalue weighted by atomic mass is 19.4. The fourth-order valence-electron chi connectivity index (χ4n) is 3.96. The van der Waals surface area contributed by atoms with Crippen LogP contribution in [0.2, 0.25) is 0 Å². The molecule has 0 unspecified atom stereocenters. The Hall–Kier alpha value is -4.12. The first-order valence-corrected chi connectivity index (χ1v) is 11.1. The van der Waals surface area contributed by atoms with Crippen molar-refractivity contribution in [2.24, 2.45) is 0 Å². The number of aryl methyl sites for hydroxylation is 1. The average Bonchev–Trinajstić information content (AvgIpc) is 3.48. The van der Waals surface area contributed by atoms with Gasteiger partial charge in [0.05, 0.1) is 38.0 Å². The van der Waals surface area contributed by atoms with Crippen molar-refractivity contribution < 1.29 is 27.4 Å². The molecule has 1 aliphatic rings. The van der Waals surface area contributed by atoms with Gasteiger partial charge in [-0.1, -0.05) is 24.3 Å². The standard InChI is InChI=1S/C25H22F3N5O3/c1-16-14-32(15-29-16)20-9-3-17(13-21(20)34-2)4-10-22-30-24-23(35-12-11-33(24)31-22)18-5-7-19(8-6-18)36-25(26,27)28/h3-10,13-15,23H,11-12H2,1-2H3/b10-4+/t23-/m0/s1. The van der Waals surface area contributed by atoms with E-state index in [2.05, 4.69) is 19.8 Å². The molecule has 2 aromatic heterocycles. The van der Waals surface area contributed by atoms with Gasteiger partial charge < -0.3 is 18.8 Å². The number of fused-ring (bicyclic) bond motifs is 1. The second kappa shape index (κ2) is 9.50. The lowest BCUT2D eigenvalue weighted by atomic mass is 10.1. The number of hydrogen-bond acceptors (Lipinski definition) is 6.